The molecule has 0 bridgehead atoms. The highest BCUT2D eigenvalue weighted by Crippen LogP contribution is 2.30. The fourth-order valence-corrected chi connectivity index (χ4v) is 2.40. The molecule has 0 aliphatic heterocycles. The lowest BCUT2D eigenvalue weighted by Gasteiger charge is -2.19. The molecule has 1 N–H and O–H groups in total. The highest BCUT2D eigenvalue weighted by Gasteiger charge is 2.21. The molecule has 1 aromatic carbocycles. The molecule has 0 spiro atoms. The zero-order valence-electron chi connectivity index (χ0n) is 11.0. The third-order valence-electron chi connectivity index (χ3n) is 3.71. The maximum Gasteiger partial charge on any atom is 0.306 e. The molecule has 1 atom stereocenters. The van der Waals surface area contributed by atoms with E-state index in [0.717, 1.165) is 12.8 Å². The molecule has 2 nitrogen and oxygen atoms in total. The number of carboxylic acid groups (broad SMARTS) is 1. The molecular weight excluding hydrogens is 224 g/mol. The molecule has 18 heavy (non-hydrogen) atoms. The number of carboxylic acids is 1. The summed E-state index contributed by atoms with van der Waals surface area (Å²) in [6.07, 6.45) is 4.38. The predicted molar refractivity (Wildman–Crippen MR) is 73.5 cm³/mol. The zero-order valence-corrected chi connectivity index (χ0v) is 11.0. The average molecular weight is 244 g/mol. The Kier molecular flexibility index (Phi) is 3.85. The second-order valence-corrected chi connectivity index (χ2v) is 5.32. The van der Waals surface area contributed by atoms with E-state index < -0.39 is 5.97 Å². The van der Waals surface area contributed by atoms with E-state index in [1.165, 1.54) is 16.7 Å². The van der Waals surface area contributed by atoms with E-state index in [1.54, 1.807) is 0 Å². The molecule has 0 radical (unpaired) electrons. The van der Waals surface area contributed by atoms with E-state index >= 15 is 0 Å². The predicted octanol–water partition coefficient (Wildman–Crippen LogP) is 4.08. The van der Waals surface area contributed by atoms with E-state index in [9.17, 15) is 4.79 Å². The fraction of sp³-hybridized carbons (Fsp3) is 0.438. The van der Waals surface area contributed by atoms with Gasteiger partial charge in [-0.1, -0.05) is 44.2 Å². The standard InChI is InChI=1S/C16H20O2/c1-11(2)12-3-5-13(6-4-12)14-7-9-15(10-8-14)16(17)18/h3-7,11,15H,8-10H2,1-2H3,(H,17,18). The quantitative estimate of drug-likeness (QED) is 0.870. The van der Waals surface area contributed by atoms with E-state index in [4.69, 9.17) is 5.11 Å². The van der Waals surface area contributed by atoms with Gasteiger partial charge in [0, 0.05) is 0 Å². The number of benzene rings is 1. The third kappa shape index (κ3) is 2.81. The van der Waals surface area contributed by atoms with Crippen molar-refractivity contribution < 1.29 is 9.90 Å². The highest BCUT2D eigenvalue weighted by molar-refractivity contribution is 5.74. The normalized spacial score (nSPS) is 19.7. The largest absolute Gasteiger partial charge is 0.481 e. The van der Waals surface area contributed by atoms with Crippen molar-refractivity contribution in [2.24, 2.45) is 5.92 Å². The smallest absolute Gasteiger partial charge is 0.306 e. The highest BCUT2D eigenvalue weighted by atomic mass is 16.4. The van der Waals surface area contributed by atoms with Crippen molar-refractivity contribution in [1.82, 2.24) is 0 Å². The number of aliphatic carboxylic acids is 1. The van der Waals surface area contributed by atoms with Crippen molar-refractivity contribution in [2.75, 3.05) is 0 Å². The molecular formula is C16H20O2. The van der Waals surface area contributed by atoms with Gasteiger partial charge in [-0.25, -0.2) is 0 Å². The maximum absolute atomic E-state index is 10.9. The first-order chi connectivity index (χ1) is 8.58. The first kappa shape index (κ1) is 12.9. The average Bonchev–Trinajstić information content (AvgIpc) is 2.39. The summed E-state index contributed by atoms with van der Waals surface area (Å²) in [4.78, 5) is 10.9. The molecule has 1 aliphatic carbocycles. The van der Waals surface area contributed by atoms with Gasteiger partial charge in [0.2, 0.25) is 0 Å². The zero-order chi connectivity index (χ0) is 13.1. The van der Waals surface area contributed by atoms with Gasteiger partial charge >= 0.3 is 5.97 Å². The molecule has 0 heterocycles. The minimum Gasteiger partial charge on any atom is -0.481 e. The number of carbonyl (C=O) groups is 1. The van der Waals surface area contributed by atoms with Gasteiger partial charge in [0.25, 0.3) is 0 Å². The Morgan fingerprint density at radius 3 is 2.39 bits per heavy atom. The topological polar surface area (TPSA) is 37.3 Å². The summed E-state index contributed by atoms with van der Waals surface area (Å²) in [6, 6.07) is 8.65. The van der Waals surface area contributed by atoms with Crippen molar-refractivity contribution >= 4 is 11.5 Å². The van der Waals surface area contributed by atoms with Crippen LogP contribution in [0.25, 0.3) is 5.57 Å². The molecule has 1 aliphatic rings. The lowest BCUT2D eigenvalue weighted by Crippen LogP contribution is -2.15. The molecule has 1 unspecified atom stereocenters. The van der Waals surface area contributed by atoms with E-state index in [0.29, 0.717) is 12.3 Å². The Labute approximate surface area is 108 Å². The number of hydrogen-bond donors (Lipinski definition) is 1. The summed E-state index contributed by atoms with van der Waals surface area (Å²) >= 11 is 0. The Balaban J connectivity index is 2.11. The molecule has 2 heteroatoms. The molecule has 1 aromatic rings. The Morgan fingerprint density at radius 1 is 1.28 bits per heavy atom. The van der Waals surface area contributed by atoms with Crippen LogP contribution in [0.4, 0.5) is 0 Å². The summed E-state index contributed by atoms with van der Waals surface area (Å²) in [5, 5.41) is 8.96. The SMILES string of the molecule is CC(C)c1ccc(C2=CCC(C(=O)O)CC2)cc1. The van der Waals surface area contributed by atoms with Crippen LogP contribution < -0.4 is 0 Å². The lowest BCUT2D eigenvalue weighted by atomic mass is 9.86. The van der Waals surface area contributed by atoms with Crippen LogP contribution in [0.2, 0.25) is 0 Å². The minimum absolute atomic E-state index is 0.191. The van der Waals surface area contributed by atoms with Gasteiger partial charge in [-0.05, 0) is 41.9 Å². The number of rotatable bonds is 3. The first-order valence-corrected chi connectivity index (χ1v) is 6.60. The van der Waals surface area contributed by atoms with Crippen molar-refractivity contribution in [1.29, 1.82) is 0 Å². The van der Waals surface area contributed by atoms with Gasteiger partial charge in [-0.2, -0.15) is 0 Å². The van der Waals surface area contributed by atoms with Crippen LogP contribution in [0, 0.1) is 5.92 Å². The number of hydrogen-bond acceptors (Lipinski definition) is 1. The molecule has 0 saturated heterocycles. The molecule has 0 aromatic heterocycles. The second kappa shape index (κ2) is 5.38. The molecule has 0 amide bonds. The van der Waals surface area contributed by atoms with E-state index in [1.807, 2.05) is 0 Å². The minimum atomic E-state index is -0.666. The van der Waals surface area contributed by atoms with Crippen molar-refractivity contribution in [2.45, 2.75) is 39.0 Å². The molecule has 0 fully saturated rings. The summed E-state index contributed by atoms with van der Waals surface area (Å²) in [5.74, 6) is -0.306. The first-order valence-electron chi connectivity index (χ1n) is 6.60. The van der Waals surface area contributed by atoms with Crippen molar-refractivity contribution in [3.05, 3.63) is 41.5 Å². The van der Waals surface area contributed by atoms with Gasteiger partial charge in [0.05, 0.1) is 5.92 Å². The molecule has 2 rings (SSSR count). The Bertz CT molecular complexity index is 454. The summed E-state index contributed by atoms with van der Waals surface area (Å²) in [7, 11) is 0. The van der Waals surface area contributed by atoms with Crippen LogP contribution in [0.1, 0.15) is 50.2 Å². The second-order valence-electron chi connectivity index (χ2n) is 5.32. The van der Waals surface area contributed by atoms with E-state index in [2.05, 4.69) is 44.2 Å². The van der Waals surface area contributed by atoms with Crippen LogP contribution >= 0.6 is 0 Å². The van der Waals surface area contributed by atoms with Crippen molar-refractivity contribution in [3.63, 3.8) is 0 Å². The van der Waals surface area contributed by atoms with Gasteiger partial charge in [-0.3, -0.25) is 4.79 Å². The van der Waals surface area contributed by atoms with Gasteiger partial charge in [0.15, 0.2) is 0 Å². The summed E-state index contributed by atoms with van der Waals surface area (Å²) < 4.78 is 0. The Hall–Kier alpha value is -1.57. The maximum atomic E-state index is 10.9. The Morgan fingerprint density at radius 2 is 1.94 bits per heavy atom. The van der Waals surface area contributed by atoms with Gasteiger partial charge < -0.3 is 5.11 Å². The van der Waals surface area contributed by atoms with E-state index in [-0.39, 0.29) is 5.92 Å². The van der Waals surface area contributed by atoms with Crippen LogP contribution in [-0.4, -0.2) is 11.1 Å². The van der Waals surface area contributed by atoms with Gasteiger partial charge in [-0.15, -0.1) is 0 Å². The van der Waals surface area contributed by atoms with Crippen LogP contribution in [-0.2, 0) is 4.79 Å². The lowest BCUT2D eigenvalue weighted by molar-refractivity contribution is -0.141. The fourth-order valence-electron chi connectivity index (χ4n) is 2.40. The van der Waals surface area contributed by atoms with Crippen molar-refractivity contribution in [3.8, 4) is 0 Å². The molecule has 96 valence electrons. The molecule has 0 saturated carbocycles. The van der Waals surface area contributed by atoms with Crippen LogP contribution in [0.3, 0.4) is 0 Å². The number of allylic oxidation sites excluding steroid dienone is 2. The van der Waals surface area contributed by atoms with Crippen LogP contribution in [0.5, 0.6) is 0 Å². The van der Waals surface area contributed by atoms with Gasteiger partial charge in [0.1, 0.15) is 0 Å². The summed E-state index contributed by atoms with van der Waals surface area (Å²) in [6.45, 7) is 4.37. The third-order valence-corrected chi connectivity index (χ3v) is 3.71. The summed E-state index contributed by atoms with van der Waals surface area (Å²) in [5.41, 5.74) is 3.88. The monoisotopic (exact) mass is 244 g/mol. The van der Waals surface area contributed by atoms with Crippen LogP contribution in [0.15, 0.2) is 30.3 Å².